The highest BCUT2D eigenvalue weighted by Gasteiger charge is 2.61. The molecule has 0 aromatic heterocycles. The van der Waals surface area contributed by atoms with Gasteiger partial charge in [-0.3, -0.25) is 4.79 Å². The molecule has 0 radical (unpaired) electrons. The van der Waals surface area contributed by atoms with Crippen molar-refractivity contribution in [1.82, 2.24) is 0 Å². The lowest BCUT2D eigenvalue weighted by Crippen LogP contribution is -2.03. The molecule has 1 N–H and O–H groups in total. The zero-order valence-electron chi connectivity index (χ0n) is 8.12. The number of carbonyl (C=O) groups is 1. The van der Waals surface area contributed by atoms with Gasteiger partial charge in [0.1, 0.15) is 0 Å². The molecule has 1 aliphatic carbocycles. The molecule has 0 heterocycles. The van der Waals surface area contributed by atoms with Gasteiger partial charge in [0.15, 0.2) is 0 Å². The molecule has 0 bridgehead atoms. The van der Waals surface area contributed by atoms with Gasteiger partial charge in [-0.1, -0.05) is 19.9 Å². The van der Waals surface area contributed by atoms with E-state index in [4.69, 9.17) is 5.11 Å². The molecule has 0 aliphatic heterocycles. The highest BCUT2D eigenvalue weighted by atomic mass is 32.2. The average molecular weight is 200 g/mol. The molecule has 0 aromatic rings. The quantitative estimate of drug-likeness (QED) is 0.546. The minimum atomic E-state index is -0.644. The highest BCUT2D eigenvalue weighted by Crippen LogP contribution is 2.59. The van der Waals surface area contributed by atoms with Crippen molar-refractivity contribution in [3.63, 3.8) is 0 Å². The van der Waals surface area contributed by atoms with Gasteiger partial charge in [0.2, 0.25) is 0 Å². The van der Waals surface area contributed by atoms with Gasteiger partial charge in [-0.15, -0.1) is 6.58 Å². The highest BCUT2D eigenvalue weighted by molar-refractivity contribution is 7.99. The van der Waals surface area contributed by atoms with Gasteiger partial charge in [-0.05, 0) is 17.1 Å². The van der Waals surface area contributed by atoms with Crippen molar-refractivity contribution < 1.29 is 9.90 Å². The molecule has 1 fully saturated rings. The fourth-order valence-corrected chi connectivity index (χ4v) is 3.00. The normalized spacial score (nSPS) is 29.7. The van der Waals surface area contributed by atoms with Gasteiger partial charge in [0.05, 0.1) is 5.92 Å². The fourth-order valence-electron chi connectivity index (χ4n) is 1.82. The number of hydrogen-bond donors (Lipinski definition) is 1. The second-order valence-electron chi connectivity index (χ2n) is 4.07. The molecule has 0 saturated heterocycles. The molecular weight excluding hydrogens is 184 g/mol. The zero-order chi connectivity index (χ0) is 10.1. The summed E-state index contributed by atoms with van der Waals surface area (Å²) in [5, 5.41) is 8.89. The SMILES string of the molecule is C=CCSCC1C(C(=O)O)C1(C)C. The number of carboxylic acid groups (broad SMARTS) is 1. The second-order valence-corrected chi connectivity index (χ2v) is 5.14. The third-order valence-electron chi connectivity index (χ3n) is 2.85. The Labute approximate surface area is 83.4 Å². The van der Waals surface area contributed by atoms with Crippen molar-refractivity contribution in [1.29, 1.82) is 0 Å². The Balaban J connectivity index is 2.37. The van der Waals surface area contributed by atoms with Crippen LogP contribution in [0.4, 0.5) is 0 Å². The molecule has 2 unspecified atom stereocenters. The molecule has 1 aliphatic rings. The van der Waals surface area contributed by atoms with Crippen LogP contribution in [0.15, 0.2) is 12.7 Å². The van der Waals surface area contributed by atoms with Crippen molar-refractivity contribution >= 4 is 17.7 Å². The summed E-state index contributed by atoms with van der Waals surface area (Å²) in [6.45, 7) is 7.70. The van der Waals surface area contributed by atoms with Gasteiger partial charge >= 0.3 is 5.97 Å². The van der Waals surface area contributed by atoms with E-state index in [-0.39, 0.29) is 11.3 Å². The van der Waals surface area contributed by atoms with Crippen molar-refractivity contribution in [2.24, 2.45) is 17.3 Å². The van der Waals surface area contributed by atoms with Crippen LogP contribution in [-0.4, -0.2) is 22.6 Å². The molecule has 1 saturated carbocycles. The number of rotatable bonds is 5. The molecular formula is C10H16O2S. The summed E-state index contributed by atoms with van der Waals surface area (Å²) in [6, 6.07) is 0. The van der Waals surface area contributed by atoms with Gasteiger partial charge in [0, 0.05) is 5.75 Å². The number of thioether (sulfide) groups is 1. The Bertz CT molecular complexity index is 223. The third kappa shape index (κ3) is 2.08. The van der Waals surface area contributed by atoms with Crippen molar-refractivity contribution in [3.05, 3.63) is 12.7 Å². The Morgan fingerprint density at radius 2 is 2.31 bits per heavy atom. The van der Waals surface area contributed by atoms with Gasteiger partial charge in [-0.2, -0.15) is 11.8 Å². The first-order valence-corrected chi connectivity index (χ1v) is 5.58. The van der Waals surface area contributed by atoms with Crippen LogP contribution < -0.4 is 0 Å². The second kappa shape index (κ2) is 3.74. The lowest BCUT2D eigenvalue weighted by atomic mass is 10.1. The van der Waals surface area contributed by atoms with E-state index in [2.05, 4.69) is 6.58 Å². The van der Waals surface area contributed by atoms with Crippen molar-refractivity contribution in [2.75, 3.05) is 11.5 Å². The first-order valence-electron chi connectivity index (χ1n) is 4.43. The maximum absolute atomic E-state index is 10.8. The Hall–Kier alpha value is -0.440. The van der Waals surface area contributed by atoms with Gasteiger partial charge in [-0.25, -0.2) is 0 Å². The fraction of sp³-hybridized carbons (Fsp3) is 0.700. The summed E-state index contributed by atoms with van der Waals surface area (Å²) in [5.41, 5.74) is 0.00000331. The summed E-state index contributed by atoms with van der Waals surface area (Å²) in [5.74, 6) is 1.42. The van der Waals surface area contributed by atoms with Crippen LogP contribution in [0.5, 0.6) is 0 Å². The van der Waals surface area contributed by atoms with Gasteiger partial charge < -0.3 is 5.11 Å². The largest absolute Gasteiger partial charge is 0.481 e. The van der Waals surface area contributed by atoms with E-state index >= 15 is 0 Å². The average Bonchev–Trinajstić information content (AvgIpc) is 2.54. The van der Waals surface area contributed by atoms with E-state index in [1.54, 1.807) is 11.8 Å². The number of carboxylic acids is 1. The van der Waals surface area contributed by atoms with Crippen LogP contribution >= 0.6 is 11.8 Å². The van der Waals surface area contributed by atoms with Crippen LogP contribution in [0.1, 0.15) is 13.8 Å². The van der Waals surface area contributed by atoms with E-state index in [0.29, 0.717) is 5.92 Å². The Morgan fingerprint density at radius 1 is 1.69 bits per heavy atom. The van der Waals surface area contributed by atoms with Crippen molar-refractivity contribution in [3.8, 4) is 0 Å². The third-order valence-corrected chi connectivity index (χ3v) is 3.92. The minimum absolute atomic E-state index is 0.00000331. The van der Waals surface area contributed by atoms with Crippen LogP contribution in [-0.2, 0) is 4.79 Å². The smallest absolute Gasteiger partial charge is 0.307 e. The first kappa shape index (κ1) is 10.6. The van der Waals surface area contributed by atoms with Crippen molar-refractivity contribution in [2.45, 2.75) is 13.8 Å². The minimum Gasteiger partial charge on any atom is -0.481 e. The molecule has 0 aromatic carbocycles. The molecule has 0 amide bonds. The molecule has 3 heteroatoms. The predicted octanol–water partition coefficient (Wildman–Crippen LogP) is 2.26. The molecule has 0 spiro atoms. The van der Waals surface area contributed by atoms with E-state index in [0.717, 1.165) is 11.5 Å². The molecule has 74 valence electrons. The summed E-state index contributed by atoms with van der Waals surface area (Å²) < 4.78 is 0. The predicted molar refractivity (Wildman–Crippen MR) is 55.9 cm³/mol. The summed E-state index contributed by atoms with van der Waals surface area (Å²) in [7, 11) is 0. The van der Waals surface area contributed by atoms with Crippen LogP contribution in [0.25, 0.3) is 0 Å². The lowest BCUT2D eigenvalue weighted by Gasteiger charge is -1.99. The Kier molecular flexibility index (Phi) is 3.06. The summed E-state index contributed by atoms with van der Waals surface area (Å²) in [6.07, 6.45) is 1.86. The van der Waals surface area contributed by atoms with Gasteiger partial charge in [0.25, 0.3) is 0 Å². The van der Waals surface area contributed by atoms with E-state index in [9.17, 15) is 4.79 Å². The van der Waals surface area contributed by atoms with Crippen LogP contribution in [0.2, 0.25) is 0 Å². The monoisotopic (exact) mass is 200 g/mol. The molecule has 2 atom stereocenters. The standard InChI is InChI=1S/C10H16O2S/c1-4-5-13-6-7-8(9(11)12)10(7,2)3/h4,7-8H,1,5-6H2,2-3H3,(H,11,12). The zero-order valence-corrected chi connectivity index (χ0v) is 8.93. The molecule has 2 nitrogen and oxygen atoms in total. The molecule has 13 heavy (non-hydrogen) atoms. The molecule has 1 rings (SSSR count). The summed E-state index contributed by atoms with van der Waals surface area (Å²) in [4.78, 5) is 10.8. The van der Waals surface area contributed by atoms with E-state index in [1.165, 1.54) is 0 Å². The topological polar surface area (TPSA) is 37.3 Å². The lowest BCUT2D eigenvalue weighted by molar-refractivity contribution is -0.139. The first-order chi connectivity index (χ1) is 6.01. The van der Waals surface area contributed by atoms with E-state index < -0.39 is 5.97 Å². The maximum atomic E-state index is 10.8. The van der Waals surface area contributed by atoms with Crippen LogP contribution in [0, 0.1) is 17.3 Å². The number of aliphatic carboxylic acids is 1. The Morgan fingerprint density at radius 3 is 2.69 bits per heavy atom. The maximum Gasteiger partial charge on any atom is 0.307 e. The van der Waals surface area contributed by atoms with E-state index in [1.807, 2.05) is 19.9 Å². The summed E-state index contributed by atoms with van der Waals surface area (Å²) >= 11 is 1.77. The number of hydrogen-bond acceptors (Lipinski definition) is 2. The van der Waals surface area contributed by atoms with Crippen LogP contribution in [0.3, 0.4) is 0 Å².